The second-order valence-corrected chi connectivity index (χ2v) is 6.43. The van der Waals surface area contributed by atoms with Crippen LogP contribution in [0.4, 0.5) is 5.69 Å². The molecule has 120 valence electrons. The number of benzene rings is 3. The van der Waals surface area contributed by atoms with Crippen molar-refractivity contribution in [3.63, 3.8) is 0 Å². The number of ether oxygens (including phenoxy) is 1. The van der Waals surface area contributed by atoms with Gasteiger partial charge in [0.05, 0.1) is 10.7 Å². The van der Waals surface area contributed by atoms with E-state index in [9.17, 15) is 0 Å². The van der Waals surface area contributed by atoms with E-state index in [4.69, 9.17) is 16.3 Å². The Labute approximate surface area is 154 Å². The van der Waals surface area contributed by atoms with Crippen LogP contribution in [0.5, 0.6) is 5.75 Å². The van der Waals surface area contributed by atoms with Gasteiger partial charge in [-0.1, -0.05) is 54.1 Å². The number of halogens is 2. The monoisotopic (exact) mass is 399 g/mol. The highest BCUT2D eigenvalue weighted by Gasteiger charge is 2.02. The molecule has 24 heavy (non-hydrogen) atoms. The smallest absolute Gasteiger partial charge is 0.128 e. The standard InChI is InChI=1S/C20H15BrClNO/c21-18-11-10-17(12-19(18)22)23-13-16-8-4-5-9-20(16)24-14-15-6-2-1-3-7-15/h1-13H,14H2. The van der Waals surface area contributed by atoms with E-state index < -0.39 is 0 Å². The first-order valence-corrected chi connectivity index (χ1v) is 8.64. The zero-order valence-corrected chi connectivity index (χ0v) is 15.2. The molecule has 3 aromatic carbocycles. The normalized spacial score (nSPS) is 10.9. The molecule has 0 amide bonds. The van der Waals surface area contributed by atoms with Crippen LogP contribution in [0, 0.1) is 0 Å². The molecule has 0 aliphatic rings. The third kappa shape index (κ3) is 4.47. The summed E-state index contributed by atoms with van der Waals surface area (Å²) < 4.78 is 6.79. The van der Waals surface area contributed by atoms with Crippen molar-refractivity contribution in [1.82, 2.24) is 0 Å². The van der Waals surface area contributed by atoms with Crippen LogP contribution in [0.25, 0.3) is 0 Å². The van der Waals surface area contributed by atoms with E-state index in [0.29, 0.717) is 11.6 Å². The Hall–Kier alpha value is -2.10. The van der Waals surface area contributed by atoms with Gasteiger partial charge < -0.3 is 4.74 Å². The lowest BCUT2D eigenvalue weighted by Crippen LogP contribution is -1.97. The molecule has 3 aromatic rings. The summed E-state index contributed by atoms with van der Waals surface area (Å²) in [5.41, 5.74) is 2.84. The summed E-state index contributed by atoms with van der Waals surface area (Å²) in [7, 11) is 0. The van der Waals surface area contributed by atoms with Crippen LogP contribution in [0.15, 0.2) is 82.3 Å². The number of nitrogens with zero attached hydrogens (tertiary/aromatic N) is 1. The minimum atomic E-state index is 0.524. The Kier molecular flexibility index (Phi) is 5.68. The molecule has 0 saturated heterocycles. The largest absolute Gasteiger partial charge is 0.488 e. The molecule has 0 unspecified atom stereocenters. The fraction of sp³-hybridized carbons (Fsp3) is 0.0500. The predicted octanol–water partition coefficient (Wildman–Crippen LogP) is 6.43. The number of para-hydroxylation sites is 1. The fourth-order valence-electron chi connectivity index (χ4n) is 2.16. The van der Waals surface area contributed by atoms with Gasteiger partial charge in [0.15, 0.2) is 0 Å². The zero-order chi connectivity index (χ0) is 16.8. The molecular weight excluding hydrogens is 386 g/mol. The lowest BCUT2D eigenvalue weighted by Gasteiger charge is -2.09. The predicted molar refractivity (Wildman–Crippen MR) is 104 cm³/mol. The van der Waals surface area contributed by atoms with Crippen LogP contribution >= 0.6 is 27.5 Å². The summed E-state index contributed by atoms with van der Waals surface area (Å²) in [6.45, 7) is 0.524. The summed E-state index contributed by atoms with van der Waals surface area (Å²) in [5.74, 6) is 0.799. The van der Waals surface area contributed by atoms with Gasteiger partial charge in [0, 0.05) is 16.3 Å². The third-order valence-electron chi connectivity index (χ3n) is 3.41. The van der Waals surface area contributed by atoms with E-state index in [1.807, 2.05) is 72.8 Å². The highest BCUT2D eigenvalue weighted by molar-refractivity contribution is 9.10. The Bertz CT molecular complexity index is 849. The van der Waals surface area contributed by atoms with Crippen molar-refractivity contribution in [2.24, 2.45) is 4.99 Å². The molecule has 0 bridgehead atoms. The SMILES string of the molecule is Clc1cc(N=Cc2ccccc2OCc2ccccc2)ccc1Br. The van der Waals surface area contributed by atoms with Crippen molar-refractivity contribution in [2.75, 3.05) is 0 Å². The van der Waals surface area contributed by atoms with Gasteiger partial charge in [0.25, 0.3) is 0 Å². The second kappa shape index (κ2) is 8.13. The topological polar surface area (TPSA) is 21.6 Å². The van der Waals surface area contributed by atoms with Crippen LogP contribution in [0.1, 0.15) is 11.1 Å². The Morgan fingerprint density at radius 2 is 1.71 bits per heavy atom. The summed E-state index contributed by atoms with van der Waals surface area (Å²) in [6, 6.07) is 23.5. The first-order chi connectivity index (χ1) is 11.7. The van der Waals surface area contributed by atoms with E-state index in [1.165, 1.54) is 0 Å². The Balaban J connectivity index is 1.76. The highest BCUT2D eigenvalue weighted by Crippen LogP contribution is 2.27. The van der Waals surface area contributed by atoms with Gasteiger partial charge in [-0.2, -0.15) is 0 Å². The molecule has 2 nitrogen and oxygen atoms in total. The molecule has 4 heteroatoms. The van der Waals surface area contributed by atoms with E-state index in [-0.39, 0.29) is 0 Å². The summed E-state index contributed by atoms with van der Waals surface area (Å²) >= 11 is 9.47. The van der Waals surface area contributed by atoms with Gasteiger partial charge in [0.2, 0.25) is 0 Å². The lowest BCUT2D eigenvalue weighted by molar-refractivity contribution is 0.306. The average Bonchev–Trinajstić information content (AvgIpc) is 2.62. The quantitative estimate of drug-likeness (QED) is 0.452. The number of hydrogen-bond donors (Lipinski definition) is 0. The molecule has 0 saturated carbocycles. The van der Waals surface area contributed by atoms with Crippen molar-refractivity contribution in [3.8, 4) is 5.75 Å². The van der Waals surface area contributed by atoms with Crippen molar-refractivity contribution in [2.45, 2.75) is 6.61 Å². The third-order valence-corrected chi connectivity index (χ3v) is 4.64. The minimum Gasteiger partial charge on any atom is -0.488 e. The zero-order valence-electron chi connectivity index (χ0n) is 12.8. The molecule has 0 aliphatic carbocycles. The van der Waals surface area contributed by atoms with Gasteiger partial charge in [-0.15, -0.1) is 0 Å². The Morgan fingerprint density at radius 1 is 0.958 bits per heavy atom. The molecule has 0 spiro atoms. The van der Waals surface area contributed by atoms with Crippen molar-refractivity contribution in [3.05, 3.63) is 93.4 Å². The lowest BCUT2D eigenvalue weighted by atomic mass is 10.2. The maximum Gasteiger partial charge on any atom is 0.128 e. The highest BCUT2D eigenvalue weighted by atomic mass is 79.9. The molecule has 0 fully saturated rings. The van der Waals surface area contributed by atoms with E-state index >= 15 is 0 Å². The second-order valence-electron chi connectivity index (χ2n) is 5.17. The first-order valence-electron chi connectivity index (χ1n) is 7.47. The van der Waals surface area contributed by atoms with Crippen LogP contribution in [0.3, 0.4) is 0 Å². The van der Waals surface area contributed by atoms with Crippen molar-refractivity contribution >= 4 is 39.4 Å². The molecule has 0 atom stereocenters. The average molecular weight is 401 g/mol. The first kappa shape index (κ1) is 16.7. The van der Waals surface area contributed by atoms with Gasteiger partial charge in [-0.25, -0.2) is 0 Å². The Morgan fingerprint density at radius 3 is 2.50 bits per heavy atom. The number of hydrogen-bond acceptors (Lipinski definition) is 2. The molecule has 0 N–H and O–H groups in total. The van der Waals surface area contributed by atoms with E-state index in [0.717, 1.165) is 27.0 Å². The molecule has 0 aromatic heterocycles. The minimum absolute atomic E-state index is 0.524. The maximum atomic E-state index is 6.10. The van der Waals surface area contributed by atoms with Gasteiger partial charge in [-0.05, 0) is 51.8 Å². The number of rotatable bonds is 5. The van der Waals surface area contributed by atoms with Gasteiger partial charge in [0.1, 0.15) is 12.4 Å². The van der Waals surface area contributed by atoms with Crippen molar-refractivity contribution in [1.29, 1.82) is 0 Å². The fourth-order valence-corrected chi connectivity index (χ4v) is 2.58. The summed E-state index contributed by atoms with van der Waals surface area (Å²) in [6.07, 6.45) is 1.79. The van der Waals surface area contributed by atoms with Crippen LogP contribution in [0.2, 0.25) is 5.02 Å². The summed E-state index contributed by atoms with van der Waals surface area (Å²) in [5, 5.41) is 0.637. The van der Waals surface area contributed by atoms with Gasteiger partial charge in [-0.3, -0.25) is 4.99 Å². The molecule has 0 radical (unpaired) electrons. The molecular formula is C20H15BrClNO. The molecule has 3 rings (SSSR count). The van der Waals surface area contributed by atoms with Crippen LogP contribution in [-0.4, -0.2) is 6.21 Å². The number of aliphatic imine (C=N–C) groups is 1. The van der Waals surface area contributed by atoms with E-state index in [2.05, 4.69) is 20.9 Å². The maximum absolute atomic E-state index is 6.10. The van der Waals surface area contributed by atoms with Gasteiger partial charge >= 0.3 is 0 Å². The molecule has 0 heterocycles. The van der Waals surface area contributed by atoms with Crippen molar-refractivity contribution < 1.29 is 4.74 Å². The van der Waals surface area contributed by atoms with E-state index in [1.54, 1.807) is 6.21 Å². The van der Waals surface area contributed by atoms with Crippen LogP contribution in [-0.2, 0) is 6.61 Å². The molecule has 0 aliphatic heterocycles. The summed E-state index contributed by atoms with van der Waals surface area (Å²) in [4.78, 5) is 4.48. The van der Waals surface area contributed by atoms with Crippen LogP contribution < -0.4 is 4.74 Å².